The van der Waals surface area contributed by atoms with E-state index in [2.05, 4.69) is 38.0 Å². The largest absolute Gasteiger partial charge is 0.0961 e. The molecule has 0 radical (unpaired) electrons. The van der Waals surface area contributed by atoms with E-state index in [0.29, 0.717) is 0 Å². The van der Waals surface area contributed by atoms with E-state index >= 15 is 0 Å². The van der Waals surface area contributed by atoms with Gasteiger partial charge in [-0.3, -0.25) is 0 Å². The highest BCUT2D eigenvalue weighted by Crippen LogP contribution is 2.03. The summed E-state index contributed by atoms with van der Waals surface area (Å²) in [5.41, 5.74) is 3.45. The number of hydrogen-bond donors (Lipinski definition) is 0. The van der Waals surface area contributed by atoms with Crippen LogP contribution in [0.5, 0.6) is 0 Å². The standard InChI is InChI=1S/C8H16Si/c1-8(2)6-7-9(3,4)5/h6-7H,1H2,2-5H3/b7-6+. The highest BCUT2D eigenvalue weighted by Gasteiger charge is 2.05. The molecule has 0 unspecified atom stereocenters. The molecule has 0 amide bonds. The van der Waals surface area contributed by atoms with Gasteiger partial charge in [-0.1, -0.05) is 43.6 Å². The van der Waals surface area contributed by atoms with Crippen LogP contribution in [-0.4, -0.2) is 8.07 Å². The van der Waals surface area contributed by atoms with Gasteiger partial charge in [0.15, 0.2) is 0 Å². The number of rotatable bonds is 2. The van der Waals surface area contributed by atoms with Crippen molar-refractivity contribution in [3.05, 3.63) is 23.9 Å². The Morgan fingerprint density at radius 3 is 1.89 bits per heavy atom. The van der Waals surface area contributed by atoms with Gasteiger partial charge in [0.05, 0.1) is 8.07 Å². The summed E-state index contributed by atoms with van der Waals surface area (Å²) in [5.74, 6) is 0. The Morgan fingerprint density at radius 2 is 1.78 bits per heavy atom. The molecule has 0 rings (SSSR count). The summed E-state index contributed by atoms with van der Waals surface area (Å²) in [5, 5.41) is 0. The fraction of sp³-hybridized carbons (Fsp3) is 0.500. The molecule has 0 aromatic carbocycles. The topological polar surface area (TPSA) is 0 Å². The molecule has 0 aliphatic carbocycles. The van der Waals surface area contributed by atoms with Crippen LogP contribution in [0.15, 0.2) is 23.9 Å². The second-order valence-electron chi connectivity index (χ2n) is 3.55. The average Bonchev–Trinajstić information content (AvgIpc) is 1.59. The molecule has 0 heterocycles. The second kappa shape index (κ2) is 3.02. The Morgan fingerprint density at radius 1 is 1.33 bits per heavy atom. The Labute approximate surface area is 59.3 Å². The Balaban J connectivity index is 3.86. The maximum atomic E-state index is 3.79. The van der Waals surface area contributed by atoms with Crippen molar-refractivity contribution in [2.24, 2.45) is 0 Å². The molecule has 52 valence electrons. The van der Waals surface area contributed by atoms with Gasteiger partial charge in [0.25, 0.3) is 0 Å². The Bertz CT molecular complexity index is 126. The minimum Gasteiger partial charge on any atom is -0.0961 e. The van der Waals surface area contributed by atoms with Crippen LogP contribution in [0, 0.1) is 0 Å². The second-order valence-corrected chi connectivity index (χ2v) is 8.61. The molecule has 0 nitrogen and oxygen atoms in total. The van der Waals surface area contributed by atoms with E-state index in [0.717, 1.165) is 5.57 Å². The lowest BCUT2D eigenvalue weighted by molar-refractivity contribution is 1.56. The minimum atomic E-state index is -0.961. The van der Waals surface area contributed by atoms with Crippen LogP contribution >= 0.6 is 0 Å². The Kier molecular flexibility index (Phi) is 2.92. The summed E-state index contributed by atoms with van der Waals surface area (Å²) in [6.07, 6.45) is 2.12. The molecule has 0 aromatic heterocycles. The average molecular weight is 140 g/mol. The van der Waals surface area contributed by atoms with Gasteiger partial charge >= 0.3 is 0 Å². The van der Waals surface area contributed by atoms with Crippen molar-refractivity contribution in [2.75, 3.05) is 0 Å². The van der Waals surface area contributed by atoms with Crippen LogP contribution in [0.25, 0.3) is 0 Å². The van der Waals surface area contributed by atoms with Crippen LogP contribution in [0.1, 0.15) is 6.92 Å². The fourth-order valence-corrected chi connectivity index (χ4v) is 1.18. The monoisotopic (exact) mass is 140 g/mol. The normalized spacial score (nSPS) is 12.4. The van der Waals surface area contributed by atoms with Crippen LogP contribution in [0.3, 0.4) is 0 Å². The van der Waals surface area contributed by atoms with Gasteiger partial charge in [0, 0.05) is 0 Å². The van der Waals surface area contributed by atoms with E-state index in [-0.39, 0.29) is 0 Å². The minimum absolute atomic E-state index is 0.961. The molecule has 9 heavy (non-hydrogen) atoms. The molecule has 0 N–H and O–H groups in total. The molecule has 0 aromatic rings. The first-order chi connectivity index (χ1) is 3.92. The summed E-state index contributed by atoms with van der Waals surface area (Å²) in [6, 6.07) is 0. The fourth-order valence-electron chi connectivity index (χ4n) is 0.392. The van der Waals surface area contributed by atoms with Gasteiger partial charge in [-0.05, 0) is 6.92 Å². The van der Waals surface area contributed by atoms with Crippen molar-refractivity contribution in [3.63, 3.8) is 0 Å². The van der Waals surface area contributed by atoms with Crippen molar-refractivity contribution < 1.29 is 0 Å². The van der Waals surface area contributed by atoms with E-state index < -0.39 is 8.07 Å². The first kappa shape index (κ1) is 8.70. The van der Waals surface area contributed by atoms with E-state index in [4.69, 9.17) is 0 Å². The molecular formula is C8H16Si. The van der Waals surface area contributed by atoms with Gasteiger partial charge in [0.2, 0.25) is 0 Å². The van der Waals surface area contributed by atoms with Crippen molar-refractivity contribution in [2.45, 2.75) is 26.6 Å². The third-order valence-electron chi connectivity index (χ3n) is 0.868. The van der Waals surface area contributed by atoms with E-state index in [9.17, 15) is 0 Å². The number of hydrogen-bond acceptors (Lipinski definition) is 0. The first-order valence-electron chi connectivity index (χ1n) is 3.26. The maximum Gasteiger partial charge on any atom is 0.0687 e. The predicted molar refractivity (Wildman–Crippen MR) is 47.3 cm³/mol. The van der Waals surface area contributed by atoms with E-state index in [1.54, 1.807) is 0 Å². The predicted octanol–water partition coefficient (Wildman–Crippen LogP) is 3.00. The smallest absolute Gasteiger partial charge is 0.0687 e. The third kappa shape index (κ3) is 7.70. The molecule has 0 spiro atoms. The zero-order chi connectivity index (χ0) is 7.49. The highest BCUT2D eigenvalue weighted by molar-refractivity contribution is 6.81. The molecule has 0 bridgehead atoms. The summed E-state index contributed by atoms with van der Waals surface area (Å²) in [4.78, 5) is 0. The first-order valence-corrected chi connectivity index (χ1v) is 6.84. The maximum absolute atomic E-state index is 3.79. The lowest BCUT2D eigenvalue weighted by atomic mass is 10.4. The van der Waals surface area contributed by atoms with E-state index in [1.807, 2.05) is 6.92 Å². The molecule has 0 fully saturated rings. The molecule has 0 aliphatic rings. The van der Waals surface area contributed by atoms with E-state index in [1.165, 1.54) is 0 Å². The number of allylic oxidation sites excluding steroid dienone is 2. The zero-order valence-corrected chi connectivity index (χ0v) is 7.86. The highest BCUT2D eigenvalue weighted by atomic mass is 28.3. The Hall–Kier alpha value is -0.303. The van der Waals surface area contributed by atoms with Crippen LogP contribution in [-0.2, 0) is 0 Å². The van der Waals surface area contributed by atoms with Crippen molar-refractivity contribution in [1.82, 2.24) is 0 Å². The van der Waals surface area contributed by atoms with Crippen molar-refractivity contribution >= 4 is 8.07 Å². The van der Waals surface area contributed by atoms with Crippen LogP contribution in [0.4, 0.5) is 0 Å². The third-order valence-corrected chi connectivity index (χ3v) is 2.03. The quantitative estimate of drug-likeness (QED) is 0.408. The van der Waals surface area contributed by atoms with Crippen molar-refractivity contribution in [1.29, 1.82) is 0 Å². The van der Waals surface area contributed by atoms with Crippen molar-refractivity contribution in [3.8, 4) is 0 Å². The molecule has 0 saturated carbocycles. The van der Waals surface area contributed by atoms with Crippen LogP contribution < -0.4 is 0 Å². The molecule has 1 heteroatoms. The van der Waals surface area contributed by atoms with Gasteiger partial charge in [0.1, 0.15) is 0 Å². The zero-order valence-electron chi connectivity index (χ0n) is 6.86. The summed E-state index contributed by atoms with van der Waals surface area (Å²) >= 11 is 0. The van der Waals surface area contributed by atoms with Gasteiger partial charge < -0.3 is 0 Å². The van der Waals surface area contributed by atoms with Gasteiger partial charge in [-0.15, -0.1) is 0 Å². The molecule has 0 atom stereocenters. The van der Waals surface area contributed by atoms with Gasteiger partial charge in [-0.2, -0.15) is 0 Å². The SMILES string of the molecule is C=C(C)/C=C/[Si](C)(C)C. The van der Waals surface area contributed by atoms with Gasteiger partial charge in [-0.25, -0.2) is 0 Å². The molecule has 0 saturated heterocycles. The summed E-state index contributed by atoms with van der Waals surface area (Å²) in [6.45, 7) is 12.8. The lowest BCUT2D eigenvalue weighted by Gasteiger charge is -2.07. The summed E-state index contributed by atoms with van der Waals surface area (Å²) in [7, 11) is -0.961. The molecular weight excluding hydrogens is 124 g/mol. The summed E-state index contributed by atoms with van der Waals surface area (Å²) < 4.78 is 0. The van der Waals surface area contributed by atoms with Crippen LogP contribution in [0.2, 0.25) is 19.6 Å². The lowest BCUT2D eigenvalue weighted by Crippen LogP contribution is -2.15. The molecule has 0 aliphatic heterocycles.